The largest absolute Gasteiger partial charge is 0.504 e. The van der Waals surface area contributed by atoms with Crippen molar-refractivity contribution in [3.8, 4) is 11.5 Å². The highest BCUT2D eigenvalue weighted by Gasteiger charge is 2.03. The van der Waals surface area contributed by atoms with Crippen molar-refractivity contribution < 1.29 is 9.84 Å². The number of nitrogens with two attached hydrogens (primary N) is 1. The van der Waals surface area contributed by atoms with Crippen molar-refractivity contribution >= 4 is 6.21 Å². The first kappa shape index (κ1) is 12.0. The molecule has 4 nitrogen and oxygen atoms in total. The average Bonchev–Trinajstić information content (AvgIpc) is 2.41. The van der Waals surface area contributed by atoms with Gasteiger partial charge in [-0.2, -0.15) is 5.10 Å². The Labute approximate surface area is 105 Å². The second kappa shape index (κ2) is 5.72. The molecule has 0 amide bonds. The van der Waals surface area contributed by atoms with E-state index in [9.17, 15) is 5.11 Å². The van der Waals surface area contributed by atoms with Crippen molar-refractivity contribution in [2.75, 3.05) is 0 Å². The predicted octanol–water partition coefficient (Wildman–Crippen LogP) is 2.26. The van der Waals surface area contributed by atoms with Gasteiger partial charge in [-0.3, -0.25) is 0 Å². The van der Waals surface area contributed by atoms with Crippen molar-refractivity contribution in [1.29, 1.82) is 0 Å². The molecule has 0 atom stereocenters. The summed E-state index contributed by atoms with van der Waals surface area (Å²) in [4.78, 5) is 0. The molecule has 0 aliphatic heterocycles. The lowest BCUT2D eigenvalue weighted by Gasteiger charge is -2.08. The maximum absolute atomic E-state index is 9.68. The summed E-state index contributed by atoms with van der Waals surface area (Å²) in [6.07, 6.45) is 1.49. The fourth-order valence-electron chi connectivity index (χ4n) is 1.55. The first-order valence-corrected chi connectivity index (χ1v) is 5.52. The minimum absolute atomic E-state index is 0.0973. The zero-order valence-electron chi connectivity index (χ0n) is 9.78. The van der Waals surface area contributed by atoms with Gasteiger partial charge >= 0.3 is 0 Å². The zero-order chi connectivity index (χ0) is 12.8. The Bertz CT molecular complexity index is 539. The lowest BCUT2D eigenvalue weighted by atomic mass is 10.2. The summed E-state index contributed by atoms with van der Waals surface area (Å²) in [6, 6.07) is 14.7. The number of nitrogens with zero attached hydrogens (tertiary/aromatic N) is 1. The van der Waals surface area contributed by atoms with Crippen molar-refractivity contribution in [3.05, 3.63) is 59.7 Å². The van der Waals surface area contributed by atoms with E-state index >= 15 is 0 Å². The molecule has 2 rings (SSSR count). The van der Waals surface area contributed by atoms with Crippen LogP contribution in [0.2, 0.25) is 0 Å². The minimum Gasteiger partial charge on any atom is -0.504 e. The molecule has 0 radical (unpaired) electrons. The van der Waals surface area contributed by atoms with Gasteiger partial charge in [0.25, 0.3) is 0 Å². The van der Waals surface area contributed by atoms with E-state index in [0.29, 0.717) is 12.4 Å². The highest BCUT2D eigenvalue weighted by Crippen LogP contribution is 2.27. The Hall–Kier alpha value is -2.49. The van der Waals surface area contributed by atoms with Gasteiger partial charge in [0.15, 0.2) is 11.5 Å². The Morgan fingerprint density at radius 2 is 1.94 bits per heavy atom. The van der Waals surface area contributed by atoms with Gasteiger partial charge in [-0.15, -0.1) is 0 Å². The van der Waals surface area contributed by atoms with Crippen LogP contribution in [0.1, 0.15) is 11.1 Å². The molecule has 0 fully saturated rings. The van der Waals surface area contributed by atoms with Gasteiger partial charge in [0.05, 0.1) is 6.21 Å². The van der Waals surface area contributed by atoms with Crippen LogP contribution in [-0.2, 0) is 6.61 Å². The Kier molecular flexibility index (Phi) is 3.81. The highest BCUT2D eigenvalue weighted by molar-refractivity contribution is 5.80. The molecule has 0 unspecified atom stereocenters. The number of hydrogen-bond acceptors (Lipinski definition) is 4. The van der Waals surface area contributed by atoms with Gasteiger partial charge in [0.2, 0.25) is 0 Å². The Morgan fingerprint density at radius 1 is 1.17 bits per heavy atom. The molecule has 2 aromatic rings. The van der Waals surface area contributed by atoms with Crippen molar-refractivity contribution in [2.24, 2.45) is 10.9 Å². The highest BCUT2D eigenvalue weighted by atomic mass is 16.5. The third kappa shape index (κ3) is 3.01. The van der Waals surface area contributed by atoms with Gasteiger partial charge < -0.3 is 15.7 Å². The van der Waals surface area contributed by atoms with Crippen LogP contribution in [0.3, 0.4) is 0 Å². The van der Waals surface area contributed by atoms with E-state index in [4.69, 9.17) is 10.6 Å². The number of hydrazone groups is 1. The zero-order valence-corrected chi connectivity index (χ0v) is 9.78. The van der Waals surface area contributed by atoms with Crippen LogP contribution in [0.4, 0.5) is 0 Å². The molecule has 0 aliphatic rings. The van der Waals surface area contributed by atoms with E-state index in [-0.39, 0.29) is 5.75 Å². The first-order chi connectivity index (χ1) is 8.79. The van der Waals surface area contributed by atoms with Crippen LogP contribution in [0, 0.1) is 0 Å². The molecule has 0 spiro atoms. The maximum atomic E-state index is 9.68. The minimum atomic E-state index is 0.0973. The normalized spacial score (nSPS) is 10.7. The number of hydrogen-bond donors (Lipinski definition) is 2. The summed E-state index contributed by atoms with van der Waals surface area (Å²) in [7, 11) is 0. The molecular weight excluding hydrogens is 228 g/mol. The molecule has 0 saturated heterocycles. The SMILES string of the molecule is NN=Cc1ccc(O)c(OCc2ccccc2)c1. The summed E-state index contributed by atoms with van der Waals surface area (Å²) >= 11 is 0. The molecule has 0 heterocycles. The maximum Gasteiger partial charge on any atom is 0.162 e. The van der Waals surface area contributed by atoms with Crippen LogP contribution in [0.25, 0.3) is 0 Å². The molecular formula is C14H14N2O2. The summed E-state index contributed by atoms with van der Waals surface area (Å²) in [5.74, 6) is 5.59. The fourth-order valence-corrected chi connectivity index (χ4v) is 1.55. The van der Waals surface area contributed by atoms with Crippen molar-refractivity contribution in [2.45, 2.75) is 6.61 Å². The average molecular weight is 242 g/mol. The number of phenolic OH excluding ortho intramolecular Hbond substituents is 1. The number of phenols is 1. The second-order valence-electron chi connectivity index (χ2n) is 3.78. The summed E-state index contributed by atoms with van der Waals surface area (Å²) < 4.78 is 5.56. The number of benzene rings is 2. The molecule has 0 bridgehead atoms. The van der Waals surface area contributed by atoms with Crippen LogP contribution in [-0.4, -0.2) is 11.3 Å². The Balaban J connectivity index is 2.11. The van der Waals surface area contributed by atoms with Gasteiger partial charge in [0.1, 0.15) is 6.61 Å². The van der Waals surface area contributed by atoms with E-state index in [1.165, 1.54) is 6.21 Å². The summed E-state index contributed by atoms with van der Waals surface area (Å²) in [5, 5.41) is 13.1. The lowest BCUT2D eigenvalue weighted by Crippen LogP contribution is -1.96. The van der Waals surface area contributed by atoms with E-state index < -0.39 is 0 Å². The number of aromatic hydroxyl groups is 1. The molecule has 18 heavy (non-hydrogen) atoms. The smallest absolute Gasteiger partial charge is 0.162 e. The van der Waals surface area contributed by atoms with Crippen LogP contribution < -0.4 is 10.6 Å². The van der Waals surface area contributed by atoms with E-state index in [0.717, 1.165) is 11.1 Å². The third-order valence-electron chi connectivity index (χ3n) is 2.44. The van der Waals surface area contributed by atoms with Crippen LogP contribution in [0.5, 0.6) is 11.5 Å². The van der Waals surface area contributed by atoms with Gasteiger partial charge in [0, 0.05) is 0 Å². The predicted molar refractivity (Wildman–Crippen MR) is 70.7 cm³/mol. The van der Waals surface area contributed by atoms with Crippen molar-refractivity contribution in [1.82, 2.24) is 0 Å². The monoisotopic (exact) mass is 242 g/mol. The van der Waals surface area contributed by atoms with Crippen molar-refractivity contribution in [3.63, 3.8) is 0 Å². The topological polar surface area (TPSA) is 67.8 Å². The van der Waals surface area contributed by atoms with Gasteiger partial charge in [-0.1, -0.05) is 30.3 Å². The third-order valence-corrected chi connectivity index (χ3v) is 2.44. The first-order valence-electron chi connectivity index (χ1n) is 5.52. The number of ether oxygens (including phenoxy) is 1. The Morgan fingerprint density at radius 3 is 2.67 bits per heavy atom. The molecule has 3 N–H and O–H groups in total. The van der Waals surface area contributed by atoms with Gasteiger partial charge in [-0.25, -0.2) is 0 Å². The molecule has 0 aromatic heterocycles. The summed E-state index contributed by atoms with van der Waals surface area (Å²) in [5.41, 5.74) is 1.81. The fraction of sp³-hybridized carbons (Fsp3) is 0.0714. The quantitative estimate of drug-likeness (QED) is 0.491. The molecule has 0 saturated carbocycles. The van der Waals surface area contributed by atoms with Crippen LogP contribution in [0.15, 0.2) is 53.6 Å². The molecule has 0 aliphatic carbocycles. The van der Waals surface area contributed by atoms with E-state index in [1.807, 2.05) is 30.3 Å². The molecule has 4 heteroatoms. The summed E-state index contributed by atoms with van der Waals surface area (Å²) in [6.45, 7) is 0.400. The number of rotatable bonds is 4. The van der Waals surface area contributed by atoms with Gasteiger partial charge in [-0.05, 0) is 29.3 Å². The van der Waals surface area contributed by atoms with E-state index in [1.54, 1.807) is 18.2 Å². The van der Waals surface area contributed by atoms with E-state index in [2.05, 4.69) is 5.10 Å². The lowest BCUT2D eigenvalue weighted by molar-refractivity contribution is 0.289. The molecule has 2 aromatic carbocycles. The standard InChI is InChI=1S/C14H14N2O2/c15-16-9-12-6-7-13(17)14(8-12)18-10-11-4-2-1-3-5-11/h1-9,17H,10,15H2. The van der Waals surface area contributed by atoms with Crippen LogP contribution >= 0.6 is 0 Å². The second-order valence-corrected chi connectivity index (χ2v) is 3.78. The molecule has 92 valence electrons.